The molecular formula is C6H11NO6. The molecular weight excluding hydrogens is 182 g/mol. The quantitative estimate of drug-likeness (QED) is 0.304. The Kier molecular flexibility index (Phi) is 2.04. The van der Waals surface area contributed by atoms with Crippen LogP contribution in [0.15, 0.2) is 0 Å². The Balaban J connectivity index is 2.23. The molecule has 2 rings (SSSR count). The molecule has 0 radical (unpaired) electrons. The first-order valence-electron chi connectivity index (χ1n) is 3.87. The highest BCUT2D eigenvalue weighted by Crippen LogP contribution is 2.31. The number of fused-ring (bicyclic) bond motifs is 2. The highest BCUT2D eigenvalue weighted by molar-refractivity contribution is 4.95. The van der Waals surface area contributed by atoms with Crippen LogP contribution in [0.2, 0.25) is 0 Å². The fourth-order valence-corrected chi connectivity index (χ4v) is 1.41. The van der Waals surface area contributed by atoms with E-state index in [0.717, 1.165) is 0 Å². The van der Waals surface area contributed by atoms with E-state index in [0.29, 0.717) is 0 Å². The van der Waals surface area contributed by atoms with E-state index in [4.69, 9.17) is 10.5 Å². The summed E-state index contributed by atoms with van der Waals surface area (Å²) in [4.78, 5) is 8.91. The molecule has 0 saturated carbocycles. The van der Waals surface area contributed by atoms with E-state index in [1.807, 2.05) is 0 Å². The molecule has 0 aliphatic carbocycles. The molecule has 2 heterocycles. The van der Waals surface area contributed by atoms with Crippen molar-refractivity contribution < 1.29 is 29.8 Å². The molecule has 13 heavy (non-hydrogen) atoms. The second-order valence-electron chi connectivity index (χ2n) is 3.16. The van der Waals surface area contributed by atoms with E-state index in [9.17, 15) is 15.3 Å². The first-order chi connectivity index (χ1) is 6.04. The van der Waals surface area contributed by atoms with E-state index in [2.05, 4.69) is 9.78 Å². The normalized spacial score (nSPS) is 56.3. The molecule has 0 spiro atoms. The minimum atomic E-state index is -2.17. The summed E-state index contributed by atoms with van der Waals surface area (Å²) < 4.78 is 4.88. The van der Waals surface area contributed by atoms with Crippen LogP contribution in [0.5, 0.6) is 0 Å². The first kappa shape index (κ1) is 9.28. The maximum absolute atomic E-state index is 9.49. The van der Waals surface area contributed by atoms with E-state index < -0.39 is 30.3 Å². The minimum absolute atomic E-state index is 0.0622. The molecule has 0 aromatic rings. The Hall–Kier alpha value is -0.280. The van der Waals surface area contributed by atoms with Crippen LogP contribution in [0.25, 0.3) is 0 Å². The Morgan fingerprint density at radius 2 is 2.00 bits per heavy atom. The number of nitrogens with two attached hydrogens (primary N) is 1. The van der Waals surface area contributed by atoms with Crippen LogP contribution in [-0.4, -0.2) is 52.3 Å². The lowest BCUT2D eigenvalue weighted by molar-refractivity contribution is -0.565. The van der Waals surface area contributed by atoms with Crippen molar-refractivity contribution in [3.05, 3.63) is 0 Å². The molecule has 2 fully saturated rings. The fourth-order valence-electron chi connectivity index (χ4n) is 1.41. The van der Waals surface area contributed by atoms with E-state index in [1.54, 1.807) is 0 Å². The van der Waals surface area contributed by atoms with Gasteiger partial charge >= 0.3 is 5.97 Å². The Morgan fingerprint density at radius 3 is 2.69 bits per heavy atom. The van der Waals surface area contributed by atoms with Crippen LogP contribution < -0.4 is 5.73 Å². The third-order valence-corrected chi connectivity index (χ3v) is 2.25. The summed E-state index contributed by atoms with van der Waals surface area (Å²) in [5.41, 5.74) is 5.36. The van der Waals surface area contributed by atoms with Gasteiger partial charge in [-0.1, -0.05) is 0 Å². The zero-order chi connectivity index (χ0) is 9.64. The van der Waals surface area contributed by atoms with Gasteiger partial charge in [-0.25, -0.2) is 4.89 Å². The minimum Gasteiger partial charge on any atom is -0.388 e. The lowest BCUT2D eigenvalue weighted by atomic mass is 9.96. The standard InChI is InChI=1S/C6H11NO6/c7-5-4(9)3(8)2-1-11-13-6(5,10)12-2/h2-5,8-10H,1,7H2. The summed E-state index contributed by atoms with van der Waals surface area (Å²) in [6.45, 7) is -0.0622. The third-order valence-electron chi connectivity index (χ3n) is 2.25. The predicted octanol–water partition coefficient (Wildman–Crippen LogP) is -2.96. The Bertz CT molecular complexity index is 211. The molecule has 2 aliphatic rings. The zero-order valence-corrected chi connectivity index (χ0v) is 6.66. The number of aliphatic hydroxyl groups excluding tert-OH is 2. The summed E-state index contributed by atoms with van der Waals surface area (Å²) in [5.74, 6) is -2.17. The monoisotopic (exact) mass is 193 g/mol. The van der Waals surface area contributed by atoms with Crippen LogP contribution in [0.1, 0.15) is 0 Å². The zero-order valence-electron chi connectivity index (χ0n) is 6.66. The van der Waals surface area contributed by atoms with Gasteiger partial charge in [0.15, 0.2) is 0 Å². The SMILES string of the molecule is NC1C(O)C(O)C2COOC1(O)O2. The van der Waals surface area contributed by atoms with Crippen LogP contribution in [0.4, 0.5) is 0 Å². The molecule has 7 heteroatoms. The van der Waals surface area contributed by atoms with Gasteiger partial charge in [0, 0.05) is 0 Å². The van der Waals surface area contributed by atoms with E-state index in [1.165, 1.54) is 0 Å². The Morgan fingerprint density at radius 1 is 1.31 bits per heavy atom. The van der Waals surface area contributed by atoms with Crippen molar-refractivity contribution in [3.63, 3.8) is 0 Å². The third kappa shape index (κ3) is 1.25. The molecule has 76 valence electrons. The van der Waals surface area contributed by atoms with Gasteiger partial charge in [-0.3, -0.25) is 0 Å². The lowest BCUT2D eigenvalue weighted by Gasteiger charge is -2.47. The van der Waals surface area contributed by atoms with Gasteiger partial charge < -0.3 is 25.8 Å². The highest BCUT2D eigenvalue weighted by Gasteiger charge is 2.56. The molecule has 5 unspecified atom stereocenters. The van der Waals surface area contributed by atoms with Crippen molar-refractivity contribution in [2.24, 2.45) is 5.73 Å². The molecule has 2 saturated heterocycles. The number of hydrogen-bond donors (Lipinski definition) is 4. The van der Waals surface area contributed by atoms with Gasteiger partial charge in [0.2, 0.25) is 0 Å². The lowest BCUT2D eigenvalue weighted by Crippen LogP contribution is -2.71. The topological polar surface area (TPSA) is 114 Å². The summed E-state index contributed by atoms with van der Waals surface area (Å²) >= 11 is 0. The highest BCUT2D eigenvalue weighted by atomic mass is 17.3. The molecule has 2 aliphatic heterocycles. The van der Waals surface area contributed by atoms with Gasteiger partial charge in [0.25, 0.3) is 0 Å². The van der Waals surface area contributed by atoms with Gasteiger partial charge in [-0.15, -0.1) is 0 Å². The maximum atomic E-state index is 9.49. The molecule has 2 bridgehead atoms. The molecule has 7 nitrogen and oxygen atoms in total. The number of aliphatic hydroxyl groups is 3. The van der Waals surface area contributed by atoms with Gasteiger partial charge in [-0.05, 0) is 0 Å². The van der Waals surface area contributed by atoms with Gasteiger partial charge in [0.1, 0.15) is 31.0 Å². The molecule has 0 amide bonds. The average molecular weight is 193 g/mol. The van der Waals surface area contributed by atoms with Crippen LogP contribution in [0.3, 0.4) is 0 Å². The van der Waals surface area contributed by atoms with Crippen LogP contribution in [0, 0.1) is 0 Å². The second kappa shape index (κ2) is 2.85. The molecule has 0 aromatic carbocycles. The summed E-state index contributed by atoms with van der Waals surface area (Å²) in [5, 5.41) is 28.2. The largest absolute Gasteiger partial charge is 0.388 e. The van der Waals surface area contributed by atoms with Gasteiger partial charge in [0.05, 0.1) is 0 Å². The predicted molar refractivity (Wildman–Crippen MR) is 36.8 cm³/mol. The maximum Gasteiger partial charge on any atom is 0.328 e. The van der Waals surface area contributed by atoms with E-state index >= 15 is 0 Å². The first-order valence-corrected chi connectivity index (χ1v) is 3.87. The second-order valence-corrected chi connectivity index (χ2v) is 3.16. The van der Waals surface area contributed by atoms with Crippen molar-refractivity contribution >= 4 is 0 Å². The molecule has 5 atom stereocenters. The number of hydrogen-bond acceptors (Lipinski definition) is 7. The fraction of sp³-hybridized carbons (Fsp3) is 1.00. The van der Waals surface area contributed by atoms with Crippen molar-refractivity contribution in [2.45, 2.75) is 30.3 Å². The molecule has 0 aromatic heterocycles. The van der Waals surface area contributed by atoms with Crippen LogP contribution in [-0.2, 0) is 14.5 Å². The summed E-state index contributed by atoms with van der Waals surface area (Å²) in [7, 11) is 0. The smallest absolute Gasteiger partial charge is 0.328 e. The van der Waals surface area contributed by atoms with Crippen molar-refractivity contribution in [2.75, 3.05) is 6.61 Å². The van der Waals surface area contributed by atoms with Crippen molar-refractivity contribution in [1.82, 2.24) is 0 Å². The number of rotatable bonds is 0. The van der Waals surface area contributed by atoms with E-state index in [-0.39, 0.29) is 6.61 Å². The average Bonchev–Trinajstić information content (AvgIpc) is 2.13. The molecule has 5 N–H and O–H groups in total. The Labute approximate surface area is 73.5 Å². The summed E-state index contributed by atoms with van der Waals surface area (Å²) in [6, 6.07) is -1.26. The van der Waals surface area contributed by atoms with Crippen molar-refractivity contribution in [3.8, 4) is 0 Å². The number of ether oxygens (including phenoxy) is 1. The summed E-state index contributed by atoms with van der Waals surface area (Å²) in [6.07, 6.45) is -3.31. The van der Waals surface area contributed by atoms with Gasteiger partial charge in [-0.2, -0.15) is 4.89 Å². The van der Waals surface area contributed by atoms with Crippen LogP contribution >= 0.6 is 0 Å². The van der Waals surface area contributed by atoms with Crippen molar-refractivity contribution in [1.29, 1.82) is 0 Å².